The summed E-state index contributed by atoms with van der Waals surface area (Å²) in [4.78, 5) is 28.7. The van der Waals surface area contributed by atoms with Crippen molar-refractivity contribution in [2.75, 3.05) is 5.73 Å². The van der Waals surface area contributed by atoms with Gasteiger partial charge in [-0.15, -0.1) is 15.0 Å². The molecule has 0 aliphatic carbocycles. The maximum absolute atomic E-state index is 12.3. The normalized spacial score (nSPS) is 10.3. The molecule has 5 N–H and O–H groups in total. The van der Waals surface area contributed by atoms with Crippen molar-refractivity contribution in [2.45, 2.75) is 6.54 Å². The fourth-order valence-corrected chi connectivity index (χ4v) is 2.17. The molecular weight excluding hydrogens is 338 g/mol. The predicted octanol–water partition coefficient (Wildman–Crippen LogP) is 0.293. The highest BCUT2D eigenvalue weighted by Gasteiger charge is 2.17. The van der Waals surface area contributed by atoms with Gasteiger partial charge in [-0.25, -0.2) is 5.48 Å². The molecule has 0 aliphatic rings. The molecule has 0 spiro atoms. The molecular formula is C16H15N7O3. The smallest absolute Gasteiger partial charge is 0.275 e. The lowest BCUT2D eigenvalue weighted by atomic mass is 10.1. The number of rotatable bonds is 5. The summed E-state index contributed by atoms with van der Waals surface area (Å²) in [5.41, 5.74) is 8.96. The minimum atomic E-state index is -0.611. The number of pyridine rings is 1. The summed E-state index contributed by atoms with van der Waals surface area (Å²) >= 11 is 0. The Bertz CT molecular complexity index is 923. The lowest BCUT2D eigenvalue weighted by molar-refractivity contribution is 0.0706. The van der Waals surface area contributed by atoms with Crippen LogP contribution in [-0.4, -0.2) is 37.0 Å². The molecule has 0 saturated heterocycles. The van der Waals surface area contributed by atoms with Gasteiger partial charge in [-0.3, -0.25) is 19.8 Å². The van der Waals surface area contributed by atoms with Crippen LogP contribution in [0.1, 0.15) is 26.4 Å². The highest BCUT2D eigenvalue weighted by molar-refractivity contribution is 5.96. The zero-order valence-electron chi connectivity index (χ0n) is 13.5. The first-order chi connectivity index (χ1) is 12.6. The highest BCUT2D eigenvalue weighted by Crippen LogP contribution is 2.10. The molecule has 3 aromatic rings. The van der Waals surface area contributed by atoms with Gasteiger partial charge in [0.2, 0.25) is 0 Å². The Hall–Kier alpha value is -3.79. The molecule has 2 heterocycles. The zero-order chi connectivity index (χ0) is 18.5. The first-order valence-electron chi connectivity index (χ1n) is 7.53. The van der Waals surface area contributed by atoms with Crippen LogP contribution in [0.15, 0.2) is 48.8 Å². The fourth-order valence-electron chi connectivity index (χ4n) is 2.17. The standard InChI is InChI=1S/C16H15N7O3/c17-14-13(20-23(21-14)12-2-1-7-18-9-12)16(25)19-8-10-3-5-11(6-4-10)15(24)22-26/h1-7,9,26H,8H2,(H2,17,21)(H,19,25)(H,22,24). The largest absolute Gasteiger partial charge is 0.380 e. The number of hydrogen-bond donors (Lipinski definition) is 4. The molecule has 0 atom stereocenters. The van der Waals surface area contributed by atoms with Crippen LogP contribution >= 0.6 is 0 Å². The number of hydrogen-bond acceptors (Lipinski definition) is 7. The Morgan fingerprint density at radius 1 is 1.12 bits per heavy atom. The van der Waals surface area contributed by atoms with E-state index in [1.165, 1.54) is 16.9 Å². The first-order valence-corrected chi connectivity index (χ1v) is 7.53. The lowest BCUT2D eigenvalue weighted by Gasteiger charge is -2.05. The summed E-state index contributed by atoms with van der Waals surface area (Å²) < 4.78 is 0. The van der Waals surface area contributed by atoms with Gasteiger partial charge < -0.3 is 11.1 Å². The van der Waals surface area contributed by atoms with E-state index in [2.05, 4.69) is 20.5 Å². The molecule has 0 saturated carbocycles. The van der Waals surface area contributed by atoms with E-state index in [9.17, 15) is 9.59 Å². The molecule has 2 aromatic heterocycles. The minimum absolute atomic E-state index is 0.00122. The number of nitrogens with two attached hydrogens (primary N) is 1. The highest BCUT2D eigenvalue weighted by atomic mass is 16.5. The summed E-state index contributed by atoms with van der Waals surface area (Å²) in [7, 11) is 0. The van der Waals surface area contributed by atoms with Crippen LogP contribution in [0.5, 0.6) is 0 Å². The van der Waals surface area contributed by atoms with Crippen LogP contribution in [0.2, 0.25) is 0 Å². The lowest BCUT2D eigenvalue weighted by Crippen LogP contribution is -2.24. The topological polar surface area (TPSA) is 148 Å². The third kappa shape index (κ3) is 3.65. The van der Waals surface area contributed by atoms with Gasteiger partial charge in [0, 0.05) is 18.3 Å². The van der Waals surface area contributed by atoms with Crippen LogP contribution < -0.4 is 16.5 Å². The monoisotopic (exact) mass is 353 g/mol. The Labute approximate surface area is 147 Å². The molecule has 10 heteroatoms. The maximum Gasteiger partial charge on any atom is 0.275 e. The van der Waals surface area contributed by atoms with Crippen LogP contribution in [0.3, 0.4) is 0 Å². The van der Waals surface area contributed by atoms with Crippen LogP contribution in [0.4, 0.5) is 5.82 Å². The molecule has 0 unspecified atom stereocenters. The molecule has 0 radical (unpaired) electrons. The van der Waals surface area contributed by atoms with E-state index >= 15 is 0 Å². The van der Waals surface area contributed by atoms with E-state index < -0.39 is 11.8 Å². The number of anilines is 1. The summed E-state index contributed by atoms with van der Waals surface area (Å²) in [6, 6.07) is 9.81. The predicted molar refractivity (Wildman–Crippen MR) is 90.4 cm³/mol. The first kappa shape index (κ1) is 17.0. The van der Waals surface area contributed by atoms with Gasteiger partial charge in [0.15, 0.2) is 11.5 Å². The van der Waals surface area contributed by atoms with Gasteiger partial charge in [0.05, 0.1) is 6.20 Å². The number of carbonyl (C=O) groups excluding carboxylic acids is 2. The second-order valence-electron chi connectivity index (χ2n) is 5.26. The van der Waals surface area contributed by atoms with Gasteiger partial charge in [-0.2, -0.15) is 0 Å². The van der Waals surface area contributed by atoms with Crippen LogP contribution in [0, 0.1) is 0 Å². The van der Waals surface area contributed by atoms with Gasteiger partial charge >= 0.3 is 0 Å². The minimum Gasteiger partial charge on any atom is -0.380 e. The van der Waals surface area contributed by atoms with E-state index in [1.54, 1.807) is 42.1 Å². The molecule has 26 heavy (non-hydrogen) atoms. The van der Waals surface area contributed by atoms with Crippen molar-refractivity contribution in [3.63, 3.8) is 0 Å². The molecule has 0 fully saturated rings. The Balaban J connectivity index is 1.67. The Kier molecular flexibility index (Phi) is 4.85. The number of amides is 2. The van der Waals surface area contributed by atoms with Crippen molar-refractivity contribution in [3.8, 4) is 5.69 Å². The average molecular weight is 353 g/mol. The van der Waals surface area contributed by atoms with Crippen LogP contribution in [-0.2, 0) is 6.54 Å². The van der Waals surface area contributed by atoms with Crippen LogP contribution in [0.25, 0.3) is 5.69 Å². The van der Waals surface area contributed by atoms with Crippen molar-refractivity contribution in [3.05, 3.63) is 65.6 Å². The Morgan fingerprint density at radius 2 is 1.88 bits per heavy atom. The maximum atomic E-state index is 12.3. The van der Waals surface area contributed by atoms with Gasteiger partial charge in [-0.1, -0.05) is 12.1 Å². The summed E-state index contributed by atoms with van der Waals surface area (Å²) in [5, 5.41) is 19.4. The van der Waals surface area contributed by atoms with E-state index in [-0.39, 0.29) is 18.1 Å². The third-order valence-corrected chi connectivity index (χ3v) is 3.50. The summed E-state index contributed by atoms with van der Waals surface area (Å²) in [6.07, 6.45) is 3.16. The average Bonchev–Trinajstić information content (AvgIpc) is 3.08. The SMILES string of the molecule is Nc1nn(-c2cccnc2)nc1C(=O)NCc1ccc(C(=O)NO)cc1. The fraction of sp³-hybridized carbons (Fsp3) is 0.0625. The second-order valence-corrected chi connectivity index (χ2v) is 5.26. The van der Waals surface area contributed by atoms with Crippen molar-refractivity contribution < 1.29 is 14.8 Å². The molecule has 10 nitrogen and oxygen atoms in total. The number of carbonyl (C=O) groups is 2. The van der Waals surface area contributed by atoms with E-state index in [0.717, 1.165) is 5.56 Å². The molecule has 2 amide bonds. The number of benzene rings is 1. The van der Waals surface area contributed by atoms with E-state index in [1.807, 2.05) is 0 Å². The second kappa shape index (κ2) is 7.40. The number of hydroxylamine groups is 1. The van der Waals surface area contributed by atoms with E-state index in [4.69, 9.17) is 10.9 Å². The van der Waals surface area contributed by atoms with Crippen molar-refractivity contribution in [2.24, 2.45) is 0 Å². The quantitative estimate of drug-likeness (QED) is 0.380. The number of nitrogens with one attached hydrogen (secondary N) is 2. The number of nitrogen functional groups attached to an aromatic ring is 1. The van der Waals surface area contributed by atoms with Gasteiger partial charge in [0.25, 0.3) is 11.8 Å². The van der Waals surface area contributed by atoms with E-state index in [0.29, 0.717) is 11.3 Å². The molecule has 0 bridgehead atoms. The molecule has 0 aliphatic heterocycles. The molecule has 1 aromatic carbocycles. The zero-order valence-corrected chi connectivity index (χ0v) is 13.5. The molecule has 3 rings (SSSR count). The van der Waals surface area contributed by atoms with Crippen molar-refractivity contribution >= 4 is 17.6 Å². The van der Waals surface area contributed by atoms with Gasteiger partial charge in [0.1, 0.15) is 5.69 Å². The van der Waals surface area contributed by atoms with Crippen molar-refractivity contribution in [1.82, 2.24) is 30.8 Å². The summed E-state index contributed by atoms with van der Waals surface area (Å²) in [6.45, 7) is 0.207. The van der Waals surface area contributed by atoms with Crippen molar-refractivity contribution in [1.29, 1.82) is 0 Å². The molecule has 132 valence electrons. The van der Waals surface area contributed by atoms with Gasteiger partial charge in [-0.05, 0) is 29.8 Å². The summed E-state index contributed by atoms with van der Waals surface area (Å²) in [5.74, 6) is -1.09. The third-order valence-electron chi connectivity index (χ3n) is 3.50. The number of nitrogens with zero attached hydrogens (tertiary/aromatic N) is 4. The Morgan fingerprint density at radius 3 is 2.54 bits per heavy atom. The number of aromatic nitrogens is 4.